The van der Waals surface area contributed by atoms with Crippen molar-refractivity contribution in [1.29, 1.82) is 0 Å². The number of carbonyl (C=O) groups is 2. The van der Waals surface area contributed by atoms with Gasteiger partial charge >= 0.3 is 5.97 Å². The zero-order chi connectivity index (χ0) is 14.4. The van der Waals surface area contributed by atoms with Crippen molar-refractivity contribution in [2.45, 2.75) is 26.3 Å². The van der Waals surface area contributed by atoms with Gasteiger partial charge in [-0.25, -0.2) is 4.79 Å². The molecular weight excluding hydrogens is 244 g/mol. The molecule has 0 saturated heterocycles. The Hall–Kier alpha value is -2.04. The summed E-state index contributed by atoms with van der Waals surface area (Å²) in [5.74, 6) is -0.553. The van der Waals surface area contributed by atoms with Gasteiger partial charge in [-0.15, -0.1) is 0 Å². The SMILES string of the molecule is COC(=O)C(CC(C)C)NC(=O)c1ccccc1N. The quantitative estimate of drug-likeness (QED) is 0.625. The van der Waals surface area contributed by atoms with Gasteiger partial charge in [0.15, 0.2) is 0 Å². The zero-order valence-corrected chi connectivity index (χ0v) is 11.5. The molecule has 1 amide bonds. The minimum atomic E-state index is -0.655. The third-order valence-electron chi connectivity index (χ3n) is 2.70. The summed E-state index contributed by atoms with van der Waals surface area (Å²) >= 11 is 0. The number of anilines is 1. The van der Waals surface area contributed by atoms with Crippen LogP contribution >= 0.6 is 0 Å². The van der Waals surface area contributed by atoms with E-state index in [1.165, 1.54) is 7.11 Å². The summed E-state index contributed by atoms with van der Waals surface area (Å²) in [5, 5.41) is 2.66. The zero-order valence-electron chi connectivity index (χ0n) is 11.5. The van der Waals surface area contributed by atoms with Crippen LogP contribution in [0.5, 0.6) is 0 Å². The van der Waals surface area contributed by atoms with E-state index in [1.54, 1.807) is 24.3 Å². The Morgan fingerprint density at radius 3 is 2.47 bits per heavy atom. The molecule has 0 aromatic heterocycles. The number of benzene rings is 1. The van der Waals surface area contributed by atoms with Crippen molar-refractivity contribution in [2.75, 3.05) is 12.8 Å². The fourth-order valence-electron chi connectivity index (χ4n) is 1.77. The summed E-state index contributed by atoms with van der Waals surface area (Å²) in [7, 11) is 1.30. The third-order valence-corrected chi connectivity index (χ3v) is 2.70. The van der Waals surface area contributed by atoms with E-state index in [-0.39, 0.29) is 11.8 Å². The van der Waals surface area contributed by atoms with E-state index in [0.717, 1.165) is 0 Å². The molecule has 1 unspecified atom stereocenters. The van der Waals surface area contributed by atoms with Crippen LogP contribution in [0, 0.1) is 5.92 Å². The second-order valence-corrected chi connectivity index (χ2v) is 4.77. The van der Waals surface area contributed by atoms with E-state index >= 15 is 0 Å². The van der Waals surface area contributed by atoms with Gasteiger partial charge in [0.25, 0.3) is 5.91 Å². The summed E-state index contributed by atoms with van der Waals surface area (Å²) < 4.78 is 4.70. The molecule has 3 N–H and O–H groups in total. The first-order valence-corrected chi connectivity index (χ1v) is 6.19. The standard InChI is InChI=1S/C14H20N2O3/c1-9(2)8-12(14(18)19-3)16-13(17)10-6-4-5-7-11(10)15/h4-7,9,12H,8,15H2,1-3H3,(H,16,17). The molecule has 1 aromatic carbocycles. The molecule has 1 aromatic rings. The van der Waals surface area contributed by atoms with E-state index in [2.05, 4.69) is 5.32 Å². The molecule has 1 rings (SSSR count). The van der Waals surface area contributed by atoms with Gasteiger partial charge in [0, 0.05) is 5.69 Å². The second-order valence-electron chi connectivity index (χ2n) is 4.77. The third kappa shape index (κ3) is 4.28. The van der Waals surface area contributed by atoms with E-state index in [1.807, 2.05) is 13.8 Å². The molecule has 0 saturated carbocycles. The highest BCUT2D eigenvalue weighted by atomic mass is 16.5. The Morgan fingerprint density at radius 1 is 1.32 bits per heavy atom. The summed E-state index contributed by atoms with van der Waals surface area (Å²) in [4.78, 5) is 23.7. The van der Waals surface area contributed by atoms with Gasteiger partial charge in [-0.1, -0.05) is 26.0 Å². The van der Waals surface area contributed by atoms with Crippen LogP contribution in [-0.4, -0.2) is 25.0 Å². The molecule has 0 spiro atoms. The first-order chi connectivity index (χ1) is 8.95. The van der Waals surface area contributed by atoms with Crippen molar-refractivity contribution >= 4 is 17.6 Å². The lowest BCUT2D eigenvalue weighted by Gasteiger charge is -2.18. The molecule has 5 heteroatoms. The Morgan fingerprint density at radius 2 is 1.95 bits per heavy atom. The Bertz CT molecular complexity index is 458. The van der Waals surface area contributed by atoms with Crippen LogP contribution in [0.1, 0.15) is 30.6 Å². The molecule has 1 atom stereocenters. The van der Waals surface area contributed by atoms with Crippen LogP contribution in [0.15, 0.2) is 24.3 Å². The highest BCUT2D eigenvalue weighted by Gasteiger charge is 2.23. The maximum atomic E-state index is 12.1. The minimum Gasteiger partial charge on any atom is -0.467 e. The van der Waals surface area contributed by atoms with Gasteiger partial charge in [-0.2, -0.15) is 0 Å². The maximum Gasteiger partial charge on any atom is 0.328 e. The largest absolute Gasteiger partial charge is 0.467 e. The monoisotopic (exact) mass is 264 g/mol. The first kappa shape index (κ1) is 15.0. The number of nitrogen functional groups attached to an aromatic ring is 1. The average Bonchev–Trinajstić information content (AvgIpc) is 2.36. The number of rotatable bonds is 5. The summed E-state index contributed by atoms with van der Waals surface area (Å²) in [6, 6.07) is 6.08. The molecular formula is C14H20N2O3. The van der Waals surface area contributed by atoms with E-state index < -0.39 is 12.0 Å². The van der Waals surface area contributed by atoms with Crippen molar-refractivity contribution in [1.82, 2.24) is 5.32 Å². The van der Waals surface area contributed by atoms with Crippen LogP contribution in [0.25, 0.3) is 0 Å². The number of amides is 1. The Kier molecular flexibility index (Phi) is 5.36. The van der Waals surface area contributed by atoms with Crippen LogP contribution < -0.4 is 11.1 Å². The number of esters is 1. The van der Waals surface area contributed by atoms with Crippen molar-refractivity contribution in [3.63, 3.8) is 0 Å². The van der Waals surface area contributed by atoms with Crippen LogP contribution in [-0.2, 0) is 9.53 Å². The number of methoxy groups -OCH3 is 1. The Balaban J connectivity index is 2.82. The molecule has 0 fully saturated rings. The van der Waals surface area contributed by atoms with Gasteiger partial charge in [0.1, 0.15) is 6.04 Å². The number of nitrogens with one attached hydrogen (secondary N) is 1. The lowest BCUT2D eigenvalue weighted by Crippen LogP contribution is -2.42. The van der Waals surface area contributed by atoms with E-state index in [9.17, 15) is 9.59 Å². The van der Waals surface area contributed by atoms with E-state index in [4.69, 9.17) is 10.5 Å². The van der Waals surface area contributed by atoms with Crippen molar-refractivity contribution in [2.24, 2.45) is 5.92 Å². The van der Waals surface area contributed by atoms with Gasteiger partial charge in [0.2, 0.25) is 0 Å². The molecule has 0 aliphatic heterocycles. The molecule has 0 radical (unpaired) electrons. The fourth-order valence-corrected chi connectivity index (χ4v) is 1.77. The van der Waals surface area contributed by atoms with Gasteiger partial charge < -0.3 is 15.8 Å². The number of para-hydroxylation sites is 1. The van der Waals surface area contributed by atoms with Crippen molar-refractivity contribution < 1.29 is 14.3 Å². The van der Waals surface area contributed by atoms with Crippen molar-refractivity contribution in [3.05, 3.63) is 29.8 Å². The number of carbonyl (C=O) groups excluding carboxylic acids is 2. The van der Waals surface area contributed by atoms with Crippen LogP contribution in [0.2, 0.25) is 0 Å². The predicted octanol–water partition coefficient (Wildman–Crippen LogP) is 1.59. The topological polar surface area (TPSA) is 81.4 Å². The van der Waals surface area contributed by atoms with Crippen LogP contribution in [0.3, 0.4) is 0 Å². The molecule has 19 heavy (non-hydrogen) atoms. The Labute approximate surface area is 113 Å². The average molecular weight is 264 g/mol. The lowest BCUT2D eigenvalue weighted by molar-refractivity contribution is -0.143. The number of hydrogen-bond donors (Lipinski definition) is 2. The molecule has 0 aliphatic rings. The molecule has 5 nitrogen and oxygen atoms in total. The van der Waals surface area contributed by atoms with E-state index in [0.29, 0.717) is 17.7 Å². The number of nitrogens with two attached hydrogens (primary N) is 1. The highest BCUT2D eigenvalue weighted by molar-refractivity contribution is 6.00. The summed E-state index contributed by atoms with van der Waals surface area (Å²) in [6.45, 7) is 3.94. The molecule has 0 aliphatic carbocycles. The molecule has 104 valence electrons. The van der Waals surface area contributed by atoms with Crippen LogP contribution in [0.4, 0.5) is 5.69 Å². The normalized spacial score (nSPS) is 12.0. The van der Waals surface area contributed by atoms with Gasteiger partial charge in [0.05, 0.1) is 12.7 Å². The first-order valence-electron chi connectivity index (χ1n) is 6.19. The second kappa shape index (κ2) is 6.78. The predicted molar refractivity (Wildman–Crippen MR) is 73.6 cm³/mol. The maximum absolute atomic E-state index is 12.1. The fraction of sp³-hybridized carbons (Fsp3) is 0.429. The number of hydrogen-bond acceptors (Lipinski definition) is 4. The van der Waals surface area contributed by atoms with Gasteiger partial charge in [-0.3, -0.25) is 4.79 Å². The lowest BCUT2D eigenvalue weighted by atomic mass is 10.0. The van der Waals surface area contributed by atoms with Crippen molar-refractivity contribution in [3.8, 4) is 0 Å². The molecule has 0 heterocycles. The summed E-state index contributed by atoms with van der Waals surface area (Å²) in [5.41, 5.74) is 6.47. The smallest absolute Gasteiger partial charge is 0.328 e. The number of ether oxygens (including phenoxy) is 1. The van der Waals surface area contributed by atoms with Gasteiger partial charge in [-0.05, 0) is 24.5 Å². The molecule has 0 bridgehead atoms. The summed E-state index contributed by atoms with van der Waals surface area (Å²) in [6.07, 6.45) is 0.519. The highest BCUT2D eigenvalue weighted by Crippen LogP contribution is 2.12. The minimum absolute atomic E-state index is 0.262.